The molecule has 0 fully saturated rings. The van der Waals surface area contributed by atoms with Gasteiger partial charge in [0.2, 0.25) is 11.7 Å². The van der Waals surface area contributed by atoms with Gasteiger partial charge in [-0.05, 0) is 19.1 Å². The molecular formula is C16H19N3O4S. The summed E-state index contributed by atoms with van der Waals surface area (Å²) in [5, 5.41) is 6.61. The second kappa shape index (κ2) is 8.30. The molecule has 0 aliphatic rings. The number of hydrogen-bond acceptors (Lipinski definition) is 7. The van der Waals surface area contributed by atoms with Crippen LogP contribution in [0, 0.1) is 6.92 Å². The topological polar surface area (TPSA) is 82.0 Å². The summed E-state index contributed by atoms with van der Waals surface area (Å²) in [5.41, 5.74) is 4.09. The van der Waals surface area contributed by atoms with Gasteiger partial charge in [-0.2, -0.15) is 5.10 Å². The van der Waals surface area contributed by atoms with E-state index in [1.165, 1.54) is 38.9 Å². The highest BCUT2D eigenvalue weighted by Gasteiger charge is 2.12. The predicted molar refractivity (Wildman–Crippen MR) is 92.4 cm³/mol. The van der Waals surface area contributed by atoms with E-state index in [1.807, 2.05) is 12.3 Å². The molecule has 0 bridgehead atoms. The van der Waals surface area contributed by atoms with Crippen molar-refractivity contribution >= 4 is 23.5 Å². The van der Waals surface area contributed by atoms with E-state index < -0.39 is 0 Å². The summed E-state index contributed by atoms with van der Waals surface area (Å²) >= 11 is 1.45. The van der Waals surface area contributed by atoms with E-state index >= 15 is 0 Å². The first-order valence-corrected chi connectivity index (χ1v) is 7.98. The van der Waals surface area contributed by atoms with Crippen molar-refractivity contribution in [3.63, 3.8) is 0 Å². The zero-order valence-electron chi connectivity index (χ0n) is 14.0. The number of amides is 1. The van der Waals surface area contributed by atoms with Crippen LogP contribution in [0.4, 0.5) is 0 Å². The molecule has 0 radical (unpaired) electrons. The molecule has 1 aromatic heterocycles. The predicted octanol–water partition coefficient (Wildman–Crippen LogP) is 2.17. The van der Waals surface area contributed by atoms with Crippen LogP contribution in [0.15, 0.2) is 22.6 Å². The van der Waals surface area contributed by atoms with Gasteiger partial charge in [0.15, 0.2) is 11.5 Å². The van der Waals surface area contributed by atoms with Crippen molar-refractivity contribution in [3.05, 3.63) is 33.8 Å². The molecule has 0 unspecified atom stereocenters. The lowest BCUT2D eigenvalue weighted by Gasteiger charge is -2.12. The first kappa shape index (κ1) is 17.7. The van der Waals surface area contributed by atoms with Crippen molar-refractivity contribution in [1.29, 1.82) is 0 Å². The molecule has 128 valence electrons. The van der Waals surface area contributed by atoms with Gasteiger partial charge < -0.3 is 14.2 Å². The maximum Gasteiger partial charge on any atom is 0.246 e. The Balaban J connectivity index is 2.04. The second-order valence-electron chi connectivity index (χ2n) is 4.81. The van der Waals surface area contributed by atoms with Gasteiger partial charge in [-0.25, -0.2) is 10.4 Å². The van der Waals surface area contributed by atoms with Gasteiger partial charge in [0.1, 0.15) is 5.01 Å². The Morgan fingerprint density at radius 2 is 1.92 bits per heavy atom. The zero-order chi connectivity index (χ0) is 17.5. The largest absolute Gasteiger partial charge is 0.493 e. The number of thiazole rings is 1. The molecule has 2 aromatic rings. The molecule has 0 saturated carbocycles. The first-order valence-electron chi connectivity index (χ1n) is 7.10. The van der Waals surface area contributed by atoms with Crippen molar-refractivity contribution < 1.29 is 19.0 Å². The molecule has 0 aliphatic carbocycles. The van der Waals surface area contributed by atoms with Gasteiger partial charge in [-0.1, -0.05) is 0 Å². The summed E-state index contributed by atoms with van der Waals surface area (Å²) in [4.78, 5) is 16.1. The molecule has 1 heterocycles. The van der Waals surface area contributed by atoms with Crippen molar-refractivity contribution in [3.8, 4) is 17.2 Å². The number of aromatic nitrogens is 1. The maximum atomic E-state index is 11.8. The lowest BCUT2D eigenvalue weighted by atomic mass is 10.2. The third kappa shape index (κ3) is 4.45. The Bertz CT molecular complexity index is 718. The van der Waals surface area contributed by atoms with Crippen molar-refractivity contribution in [1.82, 2.24) is 10.4 Å². The molecule has 0 spiro atoms. The van der Waals surface area contributed by atoms with E-state index in [0.29, 0.717) is 22.8 Å². The van der Waals surface area contributed by atoms with E-state index in [2.05, 4.69) is 15.5 Å². The van der Waals surface area contributed by atoms with E-state index in [9.17, 15) is 4.79 Å². The number of hydrazone groups is 1. The quantitative estimate of drug-likeness (QED) is 0.612. The Morgan fingerprint density at radius 1 is 1.25 bits per heavy atom. The van der Waals surface area contributed by atoms with Gasteiger partial charge in [0.05, 0.1) is 34.0 Å². The maximum absolute atomic E-state index is 11.8. The molecule has 7 nitrogen and oxygen atoms in total. The van der Waals surface area contributed by atoms with Gasteiger partial charge in [0.25, 0.3) is 0 Å². The molecule has 8 heteroatoms. The Labute approximate surface area is 144 Å². The molecule has 0 atom stereocenters. The number of hydrogen-bond donors (Lipinski definition) is 1. The summed E-state index contributed by atoms with van der Waals surface area (Å²) < 4.78 is 15.8. The minimum atomic E-state index is -0.229. The van der Waals surface area contributed by atoms with E-state index in [0.717, 1.165) is 10.7 Å². The monoisotopic (exact) mass is 349 g/mol. The molecule has 24 heavy (non-hydrogen) atoms. The average Bonchev–Trinajstić information content (AvgIpc) is 2.98. The molecule has 0 aliphatic heterocycles. The number of ether oxygens (including phenoxy) is 3. The van der Waals surface area contributed by atoms with Crippen LogP contribution in [0.2, 0.25) is 0 Å². The number of aryl methyl sites for hydroxylation is 1. The van der Waals surface area contributed by atoms with E-state index in [4.69, 9.17) is 14.2 Å². The van der Waals surface area contributed by atoms with Crippen LogP contribution in [0.1, 0.15) is 16.3 Å². The fourth-order valence-electron chi connectivity index (χ4n) is 2.02. The average molecular weight is 349 g/mol. The smallest absolute Gasteiger partial charge is 0.246 e. The number of carbonyl (C=O) groups is 1. The van der Waals surface area contributed by atoms with Crippen LogP contribution in [0.25, 0.3) is 0 Å². The van der Waals surface area contributed by atoms with Crippen molar-refractivity contribution in [2.24, 2.45) is 5.10 Å². The molecule has 2 rings (SSSR count). The zero-order valence-corrected chi connectivity index (χ0v) is 14.8. The van der Waals surface area contributed by atoms with Gasteiger partial charge in [-0.15, -0.1) is 11.3 Å². The number of nitrogens with zero attached hydrogens (tertiary/aromatic N) is 2. The third-order valence-electron chi connectivity index (χ3n) is 3.07. The van der Waals surface area contributed by atoms with Crippen LogP contribution in [-0.4, -0.2) is 38.4 Å². The summed E-state index contributed by atoms with van der Waals surface area (Å²) in [6, 6.07) is 3.47. The summed E-state index contributed by atoms with van der Waals surface area (Å²) in [6.07, 6.45) is 1.71. The van der Waals surface area contributed by atoms with E-state index in [1.54, 1.807) is 12.1 Å². The first-order chi connectivity index (χ1) is 11.6. The molecule has 0 saturated heterocycles. The highest BCUT2D eigenvalue weighted by atomic mass is 32.1. The van der Waals surface area contributed by atoms with Crippen LogP contribution >= 0.6 is 11.3 Å². The lowest BCUT2D eigenvalue weighted by molar-refractivity contribution is -0.120. The lowest BCUT2D eigenvalue weighted by Crippen LogP contribution is -2.19. The number of carbonyl (C=O) groups excluding carboxylic acids is 1. The Morgan fingerprint density at radius 3 is 2.42 bits per heavy atom. The Hall–Kier alpha value is -2.61. The number of methoxy groups -OCH3 is 3. The highest BCUT2D eigenvalue weighted by Crippen LogP contribution is 2.37. The summed E-state index contributed by atoms with van der Waals surface area (Å²) in [6.45, 7) is 1.89. The summed E-state index contributed by atoms with van der Waals surface area (Å²) in [5.74, 6) is 1.30. The van der Waals surface area contributed by atoms with Crippen molar-refractivity contribution in [2.75, 3.05) is 21.3 Å². The third-order valence-corrected chi connectivity index (χ3v) is 4.03. The fourth-order valence-corrected chi connectivity index (χ4v) is 2.79. The summed E-state index contributed by atoms with van der Waals surface area (Å²) in [7, 11) is 4.61. The normalized spacial score (nSPS) is 10.7. The van der Waals surface area contributed by atoms with Gasteiger partial charge >= 0.3 is 0 Å². The highest BCUT2D eigenvalue weighted by molar-refractivity contribution is 7.09. The molecule has 1 amide bonds. The fraction of sp³-hybridized carbons (Fsp3) is 0.312. The molecule has 1 aromatic carbocycles. The molecule has 1 N–H and O–H groups in total. The van der Waals surface area contributed by atoms with Crippen LogP contribution in [0.5, 0.6) is 17.2 Å². The van der Waals surface area contributed by atoms with Crippen LogP contribution in [-0.2, 0) is 11.2 Å². The Kier molecular flexibility index (Phi) is 6.14. The van der Waals surface area contributed by atoms with Crippen LogP contribution < -0.4 is 19.6 Å². The minimum Gasteiger partial charge on any atom is -0.493 e. The van der Waals surface area contributed by atoms with Crippen molar-refractivity contribution in [2.45, 2.75) is 13.3 Å². The standard InChI is InChI=1S/C16H19N3O4S/c1-10-9-24-15(18-10)7-14(20)19-17-8-11-5-12(21-2)16(23-4)13(6-11)22-3/h5-6,8-9H,7H2,1-4H3,(H,19,20)/b17-8-. The minimum absolute atomic E-state index is 0.200. The van der Waals surface area contributed by atoms with E-state index in [-0.39, 0.29) is 12.3 Å². The number of nitrogens with one attached hydrogen (secondary N) is 1. The number of benzene rings is 1. The number of rotatable bonds is 7. The SMILES string of the molecule is COc1cc(/C=N\NC(=O)Cc2nc(C)cs2)cc(OC)c1OC. The van der Waals surface area contributed by atoms with Gasteiger partial charge in [0, 0.05) is 16.6 Å². The van der Waals surface area contributed by atoms with Crippen LogP contribution in [0.3, 0.4) is 0 Å². The van der Waals surface area contributed by atoms with Gasteiger partial charge in [-0.3, -0.25) is 4.79 Å². The molecular weight excluding hydrogens is 330 g/mol. The second-order valence-corrected chi connectivity index (χ2v) is 5.75.